The fourth-order valence-corrected chi connectivity index (χ4v) is 1.44. The number of nitrogens with zero attached hydrogens (tertiary/aromatic N) is 1. The number of rotatable bonds is 3. The van der Waals surface area contributed by atoms with Crippen molar-refractivity contribution in [2.75, 3.05) is 25.5 Å². The molecular formula is C8H16ClN3O. The van der Waals surface area contributed by atoms with Gasteiger partial charge in [0.2, 0.25) is 0 Å². The van der Waals surface area contributed by atoms with E-state index in [0.717, 1.165) is 25.9 Å². The number of halogens is 1. The largest absolute Gasteiger partial charge is 0.336 e. The van der Waals surface area contributed by atoms with Crippen LogP contribution in [0.25, 0.3) is 0 Å². The van der Waals surface area contributed by atoms with E-state index in [4.69, 9.17) is 11.6 Å². The minimum absolute atomic E-state index is 0.150. The number of alkyl halides is 1. The Hall–Kier alpha value is -0.480. The van der Waals surface area contributed by atoms with Crippen LogP contribution in [0.4, 0.5) is 4.79 Å². The van der Waals surface area contributed by atoms with Gasteiger partial charge in [0.15, 0.2) is 0 Å². The van der Waals surface area contributed by atoms with Gasteiger partial charge in [0, 0.05) is 25.5 Å². The molecule has 0 atom stereocenters. The molecule has 0 spiro atoms. The van der Waals surface area contributed by atoms with Crippen LogP contribution in [0, 0.1) is 0 Å². The number of amides is 2. The van der Waals surface area contributed by atoms with Gasteiger partial charge < -0.3 is 5.32 Å². The first-order valence-electron chi connectivity index (χ1n) is 4.68. The number of piperidine rings is 1. The van der Waals surface area contributed by atoms with Crippen molar-refractivity contribution >= 4 is 17.6 Å². The molecule has 2 amide bonds. The fourth-order valence-electron chi connectivity index (χ4n) is 1.35. The Labute approximate surface area is 83.6 Å². The highest BCUT2D eigenvalue weighted by Gasteiger charge is 2.11. The Balaban J connectivity index is 2.11. The van der Waals surface area contributed by atoms with Crippen molar-refractivity contribution in [3.8, 4) is 0 Å². The van der Waals surface area contributed by atoms with E-state index in [-0.39, 0.29) is 6.03 Å². The third-order valence-electron chi connectivity index (χ3n) is 2.00. The van der Waals surface area contributed by atoms with Crippen molar-refractivity contribution in [1.82, 2.24) is 15.8 Å². The number of hydrogen-bond donors (Lipinski definition) is 2. The number of urea groups is 1. The average molecular weight is 206 g/mol. The summed E-state index contributed by atoms with van der Waals surface area (Å²) in [6.07, 6.45) is 3.59. The number of carbonyl (C=O) groups excluding carboxylic acids is 1. The summed E-state index contributed by atoms with van der Waals surface area (Å²) in [4.78, 5) is 11.1. The second kappa shape index (κ2) is 6.05. The van der Waals surface area contributed by atoms with Gasteiger partial charge in [-0.05, 0) is 12.8 Å². The Morgan fingerprint density at radius 1 is 1.31 bits per heavy atom. The maximum atomic E-state index is 11.1. The van der Waals surface area contributed by atoms with Crippen LogP contribution in [0.1, 0.15) is 19.3 Å². The smallest absolute Gasteiger partial charge is 0.329 e. The van der Waals surface area contributed by atoms with Gasteiger partial charge in [-0.3, -0.25) is 5.43 Å². The summed E-state index contributed by atoms with van der Waals surface area (Å²) >= 11 is 5.43. The summed E-state index contributed by atoms with van der Waals surface area (Å²) in [5, 5.41) is 4.61. The maximum Gasteiger partial charge on any atom is 0.329 e. The highest BCUT2D eigenvalue weighted by atomic mass is 35.5. The predicted molar refractivity (Wildman–Crippen MR) is 52.7 cm³/mol. The molecule has 76 valence electrons. The normalized spacial score (nSPS) is 18.2. The van der Waals surface area contributed by atoms with Crippen molar-refractivity contribution in [2.24, 2.45) is 0 Å². The standard InChI is InChI=1S/C8H16ClN3O/c9-4-5-10-8(13)11-12-6-2-1-3-7-12/h1-7H2,(H2,10,11,13). The lowest BCUT2D eigenvalue weighted by Crippen LogP contribution is -2.49. The summed E-state index contributed by atoms with van der Waals surface area (Å²) in [6.45, 7) is 2.42. The first-order chi connectivity index (χ1) is 6.33. The van der Waals surface area contributed by atoms with Gasteiger partial charge in [-0.15, -0.1) is 11.6 Å². The van der Waals surface area contributed by atoms with Crippen LogP contribution in [0.2, 0.25) is 0 Å². The molecule has 2 N–H and O–H groups in total. The lowest BCUT2D eigenvalue weighted by molar-refractivity contribution is 0.155. The van der Waals surface area contributed by atoms with E-state index in [1.54, 1.807) is 0 Å². The van der Waals surface area contributed by atoms with E-state index >= 15 is 0 Å². The van der Waals surface area contributed by atoms with Gasteiger partial charge in [-0.2, -0.15) is 0 Å². The average Bonchev–Trinajstić information content (AvgIpc) is 2.16. The summed E-state index contributed by atoms with van der Waals surface area (Å²) in [5.41, 5.74) is 2.78. The molecular weight excluding hydrogens is 190 g/mol. The second-order valence-electron chi connectivity index (χ2n) is 3.10. The minimum Gasteiger partial charge on any atom is -0.336 e. The summed E-state index contributed by atoms with van der Waals surface area (Å²) in [5.74, 6) is 0.452. The second-order valence-corrected chi connectivity index (χ2v) is 3.48. The molecule has 4 nitrogen and oxygen atoms in total. The summed E-state index contributed by atoms with van der Waals surface area (Å²) in [6, 6.07) is -0.150. The monoisotopic (exact) mass is 205 g/mol. The molecule has 0 saturated carbocycles. The lowest BCUT2D eigenvalue weighted by Gasteiger charge is -2.26. The van der Waals surface area contributed by atoms with E-state index < -0.39 is 0 Å². The first-order valence-corrected chi connectivity index (χ1v) is 5.22. The van der Waals surface area contributed by atoms with Crippen LogP contribution in [-0.4, -0.2) is 36.6 Å². The topological polar surface area (TPSA) is 44.4 Å². The third-order valence-corrected chi connectivity index (χ3v) is 2.18. The van der Waals surface area contributed by atoms with E-state index in [9.17, 15) is 4.79 Å². The quantitative estimate of drug-likeness (QED) is 0.674. The van der Waals surface area contributed by atoms with Crippen molar-refractivity contribution in [3.05, 3.63) is 0 Å². The molecule has 1 aliphatic rings. The minimum atomic E-state index is -0.150. The third kappa shape index (κ3) is 4.33. The van der Waals surface area contributed by atoms with Crippen LogP contribution in [-0.2, 0) is 0 Å². The SMILES string of the molecule is O=C(NCCCl)NN1CCCCC1. The summed E-state index contributed by atoms with van der Waals surface area (Å²) in [7, 11) is 0. The molecule has 0 aromatic carbocycles. The number of hydrogen-bond acceptors (Lipinski definition) is 2. The van der Waals surface area contributed by atoms with Crippen LogP contribution in [0.15, 0.2) is 0 Å². The van der Waals surface area contributed by atoms with Gasteiger partial charge in [-0.1, -0.05) is 6.42 Å². The molecule has 0 bridgehead atoms. The van der Waals surface area contributed by atoms with Gasteiger partial charge >= 0.3 is 6.03 Å². The molecule has 1 aliphatic heterocycles. The molecule has 13 heavy (non-hydrogen) atoms. The molecule has 0 unspecified atom stereocenters. The van der Waals surface area contributed by atoms with E-state index in [2.05, 4.69) is 10.7 Å². The zero-order valence-electron chi connectivity index (χ0n) is 7.68. The van der Waals surface area contributed by atoms with Crippen molar-refractivity contribution in [1.29, 1.82) is 0 Å². The van der Waals surface area contributed by atoms with Gasteiger partial charge in [0.25, 0.3) is 0 Å². The molecule has 1 fully saturated rings. The molecule has 1 rings (SSSR count). The van der Waals surface area contributed by atoms with E-state index in [1.807, 2.05) is 5.01 Å². The van der Waals surface area contributed by atoms with E-state index in [0.29, 0.717) is 12.4 Å². The highest BCUT2D eigenvalue weighted by Crippen LogP contribution is 2.05. The van der Waals surface area contributed by atoms with E-state index in [1.165, 1.54) is 6.42 Å². The van der Waals surface area contributed by atoms with Gasteiger partial charge in [0.1, 0.15) is 0 Å². The van der Waals surface area contributed by atoms with Crippen LogP contribution in [0.5, 0.6) is 0 Å². The summed E-state index contributed by atoms with van der Waals surface area (Å²) < 4.78 is 0. The molecule has 0 radical (unpaired) electrons. The first kappa shape index (κ1) is 10.6. The highest BCUT2D eigenvalue weighted by molar-refractivity contribution is 6.18. The molecule has 0 aromatic heterocycles. The van der Waals surface area contributed by atoms with Gasteiger partial charge in [-0.25, -0.2) is 9.80 Å². The number of carbonyl (C=O) groups is 1. The Morgan fingerprint density at radius 2 is 2.00 bits per heavy atom. The zero-order chi connectivity index (χ0) is 9.52. The fraction of sp³-hybridized carbons (Fsp3) is 0.875. The molecule has 1 heterocycles. The molecule has 0 aliphatic carbocycles. The number of hydrazine groups is 1. The molecule has 5 heteroatoms. The Kier molecular flexibility index (Phi) is 4.93. The van der Waals surface area contributed by atoms with Crippen LogP contribution < -0.4 is 10.7 Å². The van der Waals surface area contributed by atoms with Crippen LogP contribution in [0.3, 0.4) is 0 Å². The maximum absolute atomic E-state index is 11.1. The van der Waals surface area contributed by atoms with Crippen molar-refractivity contribution in [2.45, 2.75) is 19.3 Å². The van der Waals surface area contributed by atoms with Gasteiger partial charge in [0.05, 0.1) is 0 Å². The Bertz CT molecular complexity index is 159. The number of nitrogens with one attached hydrogen (secondary N) is 2. The Morgan fingerprint density at radius 3 is 2.62 bits per heavy atom. The molecule has 0 aromatic rings. The lowest BCUT2D eigenvalue weighted by atomic mass is 10.2. The van der Waals surface area contributed by atoms with Crippen molar-refractivity contribution < 1.29 is 4.79 Å². The zero-order valence-corrected chi connectivity index (χ0v) is 8.44. The predicted octanol–water partition coefficient (Wildman–Crippen LogP) is 0.925. The molecule has 1 saturated heterocycles. The van der Waals surface area contributed by atoms with Crippen LogP contribution >= 0.6 is 11.6 Å². The van der Waals surface area contributed by atoms with Crippen molar-refractivity contribution in [3.63, 3.8) is 0 Å².